The van der Waals surface area contributed by atoms with Crippen LogP contribution in [0.3, 0.4) is 0 Å². The van der Waals surface area contributed by atoms with Gasteiger partial charge in [-0.15, -0.1) is 22.9 Å². The minimum atomic E-state index is 0.686. The van der Waals surface area contributed by atoms with Crippen molar-refractivity contribution in [2.75, 3.05) is 13.0 Å². The molecule has 1 aromatic heterocycles. The minimum absolute atomic E-state index is 0.686. The summed E-state index contributed by atoms with van der Waals surface area (Å²) in [7, 11) is 1.71. The van der Waals surface area contributed by atoms with Crippen molar-refractivity contribution in [1.29, 1.82) is 0 Å². The van der Waals surface area contributed by atoms with Crippen LogP contribution in [0.4, 0.5) is 0 Å². The van der Waals surface area contributed by atoms with Crippen molar-refractivity contribution in [3.8, 4) is 0 Å². The fourth-order valence-corrected chi connectivity index (χ4v) is 1.94. The van der Waals surface area contributed by atoms with E-state index in [0.29, 0.717) is 12.5 Å². The first kappa shape index (κ1) is 10.8. The summed E-state index contributed by atoms with van der Waals surface area (Å²) in [6, 6.07) is 2.14. The van der Waals surface area contributed by atoms with Crippen LogP contribution in [0.2, 0.25) is 0 Å². The van der Waals surface area contributed by atoms with Gasteiger partial charge in [-0.2, -0.15) is 0 Å². The molecule has 0 spiro atoms. The molecule has 1 aromatic rings. The summed E-state index contributed by atoms with van der Waals surface area (Å²) < 4.78 is 5.03. The lowest BCUT2D eigenvalue weighted by atomic mass is 10.2. The molecule has 72 valence electrons. The second-order valence-corrected chi connectivity index (χ2v) is 4.03. The van der Waals surface area contributed by atoms with Crippen LogP contribution in [-0.2, 0) is 11.3 Å². The van der Waals surface area contributed by atoms with Crippen LogP contribution in [0.25, 0.3) is 6.08 Å². The molecule has 0 aliphatic rings. The number of ether oxygens (including phenoxy) is 1. The van der Waals surface area contributed by atoms with Gasteiger partial charge in [0.05, 0.1) is 6.61 Å². The molecule has 0 unspecified atom stereocenters. The van der Waals surface area contributed by atoms with E-state index in [0.717, 1.165) is 6.42 Å². The highest BCUT2D eigenvalue weighted by atomic mass is 35.5. The van der Waals surface area contributed by atoms with Gasteiger partial charge in [-0.1, -0.05) is 12.2 Å². The highest BCUT2D eigenvalue weighted by Gasteiger charge is 1.95. The van der Waals surface area contributed by atoms with Gasteiger partial charge < -0.3 is 4.74 Å². The maximum atomic E-state index is 5.55. The maximum absolute atomic E-state index is 5.55. The third-order valence-electron chi connectivity index (χ3n) is 1.55. The van der Waals surface area contributed by atoms with Crippen LogP contribution in [0, 0.1) is 0 Å². The summed E-state index contributed by atoms with van der Waals surface area (Å²) in [5.41, 5.74) is 1.24. The molecule has 0 amide bonds. The minimum Gasteiger partial charge on any atom is -0.379 e. The maximum Gasteiger partial charge on any atom is 0.0805 e. The van der Waals surface area contributed by atoms with E-state index in [1.54, 1.807) is 18.4 Å². The SMILES string of the molecule is COCc1cc(C=CCCCl)cs1. The van der Waals surface area contributed by atoms with E-state index < -0.39 is 0 Å². The van der Waals surface area contributed by atoms with Crippen molar-refractivity contribution in [2.24, 2.45) is 0 Å². The molecule has 0 fully saturated rings. The number of methoxy groups -OCH3 is 1. The summed E-state index contributed by atoms with van der Waals surface area (Å²) >= 11 is 7.28. The first-order valence-corrected chi connectivity index (χ1v) is 5.57. The molecule has 1 rings (SSSR count). The molecule has 1 nitrogen and oxygen atoms in total. The molecule has 0 aliphatic carbocycles. The Hall–Kier alpha value is -0.310. The Morgan fingerprint density at radius 1 is 1.62 bits per heavy atom. The zero-order valence-electron chi connectivity index (χ0n) is 7.63. The van der Waals surface area contributed by atoms with E-state index in [1.807, 2.05) is 0 Å². The zero-order chi connectivity index (χ0) is 9.52. The van der Waals surface area contributed by atoms with Gasteiger partial charge in [0.2, 0.25) is 0 Å². The molecule has 3 heteroatoms. The standard InChI is InChI=1S/C10H13ClOS/c1-12-7-10-6-9(8-13-10)4-2-3-5-11/h2,4,6,8H,3,5,7H2,1H3. The number of alkyl halides is 1. The van der Waals surface area contributed by atoms with Crippen molar-refractivity contribution < 1.29 is 4.74 Å². The van der Waals surface area contributed by atoms with Crippen molar-refractivity contribution in [2.45, 2.75) is 13.0 Å². The fourth-order valence-electron chi connectivity index (χ4n) is 0.985. The molecule has 1 heterocycles. The Labute approximate surface area is 88.0 Å². The van der Waals surface area contributed by atoms with Crippen LogP contribution >= 0.6 is 22.9 Å². The van der Waals surface area contributed by atoms with Crippen molar-refractivity contribution in [3.05, 3.63) is 28.0 Å². The Morgan fingerprint density at radius 3 is 3.15 bits per heavy atom. The molecule has 13 heavy (non-hydrogen) atoms. The van der Waals surface area contributed by atoms with Crippen LogP contribution < -0.4 is 0 Å². The number of hydrogen-bond donors (Lipinski definition) is 0. The number of rotatable bonds is 5. The summed E-state index contributed by atoms with van der Waals surface area (Å²) in [4.78, 5) is 1.26. The third kappa shape index (κ3) is 3.94. The molecule has 0 atom stereocenters. The number of halogens is 1. The summed E-state index contributed by atoms with van der Waals surface area (Å²) in [5.74, 6) is 0.686. The van der Waals surface area contributed by atoms with Crippen LogP contribution in [0.15, 0.2) is 17.5 Å². The largest absolute Gasteiger partial charge is 0.379 e. The lowest BCUT2D eigenvalue weighted by Crippen LogP contribution is -1.80. The lowest BCUT2D eigenvalue weighted by molar-refractivity contribution is 0.187. The Bertz CT molecular complexity index is 268. The molecule has 0 N–H and O–H groups in total. The topological polar surface area (TPSA) is 9.23 Å². The van der Waals surface area contributed by atoms with Crippen LogP contribution in [-0.4, -0.2) is 13.0 Å². The second kappa shape index (κ2) is 6.19. The average Bonchev–Trinajstić information content (AvgIpc) is 2.54. The van der Waals surface area contributed by atoms with Gasteiger partial charge in [0.15, 0.2) is 0 Å². The van der Waals surface area contributed by atoms with Crippen molar-refractivity contribution >= 4 is 29.0 Å². The Morgan fingerprint density at radius 2 is 2.46 bits per heavy atom. The molecule has 0 saturated carbocycles. The van der Waals surface area contributed by atoms with Gasteiger partial charge in [-0.25, -0.2) is 0 Å². The monoisotopic (exact) mass is 216 g/mol. The fraction of sp³-hybridized carbons (Fsp3) is 0.400. The van der Waals surface area contributed by atoms with E-state index >= 15 is 0 Å². The number of thiophene rings is 1. The average molecular weight is 217 g/mol. The van der Waals surface area contributed by atoms with Gasteiger partial charge in [0.1, 0.15) is 0 Å². The molecular weight excluding hydrogens is 204 g/mol. The normalized spacial score (nSPS) is 11.2. The predicted molar refractivity (Wildman–Crippen MR) is 59.4 cm³/mol. The van der Waals surface area contributed by atoms with E-state index in [4.69, 9.17) is 16.3 Å². The second-order valence-electron chi connectivity index (χ2n) is 2.66. The van der Waals surface area contributed by atoms with Gasteiger partial charge in [-0.3, -0.25) is 0 Å². The number of allylic oxidation sites excluding steroid dienone is 1. The van der Waals surface area contributed by atoms with Gasteiger partial charge in [0, 0.05) is 17.9 Å². The summed E-state index contributed by atoms with van der Waals surface area (Å²) in [5, 5.41) is 2.12. The lowest BCUT2D eigenvalue weighted by Gasteiger charge is -1.90. The Balaban J connectivity index is 2.48. The van der Waals surface area contributed by atoms with Gasteiger partial charge in [-0.05, 0) is 23.4 Å². The van der Waals surface area contributed by atoms with Crippen molar-refractivity contribution in [3.63, 3.8) is 0 Å². The molecule has 0 aromatic carbocycles. The van der Waals surface area contributed by atoms with Crippen LogP contribution in [0.5, 0.6) is 0 Å². The predicted octanol–water partition coefficient (Wildman–Crippen LogP) is 3.54. The highest BCUT2D eigenvalue weighted by molar-refractivity contribution is 7.10. The highest BCUT2D eigenvalue weighted by Crippen LogP contribution is 2.16. The Kier molecular flexibility index (Phi) is 5.13. The quantitative estimate of drug-likeness (QED) is 0.685. The van der Waals surface area contributed by atoms with Gasteiger partial charge in [0.25, 0.3) is 0 Å². The zero-order valence-corrected chi connectivity index (χ0v) is 9.20. The van der Waals surface area contributed by atoms with E-state index in [-0.39, 0.29) is 0 Å². The molecule has 0 aliphatic heterocycles. The van der Waals surface area contributed by atoms with Crippen molar-refractivity contribution in [1.82, 2.24) is 0 Å². The van der Waals surface area contributed by atoms with E-state index in [2.05, 4.69) is 23.6 Å². The smallest absolute Gasteiger partial charge is 0.0805 e. The third-order valence-corrected chi connectivity index (χ3v) is 2.69. The molecule has 0 saturated heterocycles. The van der Waals surface area contributed by atoms with E-state index in [9.17, 15) is 0 Å². The first-order valence-electron chi connectivity index (χ1n) is 4.15. The summed E-state index contributed by atoms with van der Waals surface area (Å²) in [6.45, 7) is 0.702. The first-order chi connectivity index (χ1) is 6.36. The molecule has 0 radical (unpaired) electrons. The summed E-state index contributed by atoms with van der Waals surface area (Å²) in [6.07, 6.45) is 5.11. The molecular formula is C10H13ClOS. The van der Waals surface area contributed by atoms with E-state index in [1.165, 1.54) is 10.4 Å². The number of hydrogen-bond acceptors (Lipinski definition) is 2. The van der Waals surface area contributed by atoms with Crippen LogP contribution in [0.1, 0.15) is 16.9 Å². The van der Waals surface area contributed by atoms with Gasteiger partial charge >= 0.3 is 0 Å². The molecule has 0 bridgehead atoms.